The molecule has 0 spiro atoms. The van der Waals surface area contributed by atoms with Gasteiger partial charge in [0.1, 0.15) is 5.75 Å². The second-order valence-corrected chi connectivity index (χ2v) is 10.7. The average Bonchev–Trinajstić information content (AvgIpc) is 3.67. The topological polar surface area (TPSA) is 74.3 Å². The average molecular weight is 548 g/mol. The molecule has 0 fully saturated rings. The van der Waals surface area contributed by atoms with Crippen molar-refractivity contribution in [2.75, 3.05) is 6.61 Å². The first-order chi connectivity index (χ1) is 19.6. The molecule has 200 valence electrons. The standard InChI is InChI=1S/C32H29N5O2S/c1-3-4-8-19-39-27-17-15-24(16-18-27)30-33-32-37(35-30)31(38)28(40-32)20-25-21-36(26-9-6-5-7-10-26)34-29(25)23-13-11-22(2)12-14-23/h5-7,9-18,20-21H,3-4,8,19H2,1-2H3/b28-20-. The fourth-order valence-electron chi connectivity index (χ4n) is 4.48. The van der Waals surface area contributed by atoms with Gasteiger partial charge in [-0.25, -0.2) is 4.68 Å². The lowest BCUT2D eigenvalue weighted by Crippen LogP contribution is -2.23. The maximum Gasteiger partial charge on any atom is 0.291 e. The minimum Gasteiger partial charge on any atom is -0.494 e. The van der Waals surface area contributed by atoms with E-state index < -0.39 is 0 Å². The van der Waals surface area contributed by atoms with Crippen LogP contribution in [0.5, 0.6) is 5.75 Å². The van der Waals surface area contributed by atoms with Gasteiger partial charge in [0.25, 0.3) is 5.56 Å². The highest BCUT2D eigenvalue weighted by molar-refractivity contribution is 7.15. The third-order valence-electron chi connectivity index (χ3n) is 6.69. The van der Waals surface area contributed by atoms with Gasteiger partial charge in [-0.2, -0.15) is 14.6 Å². The zero-order valence-electron chi connectivity index (χ0n) is 22.4. The van der Waals surface area contributed by atoms with Crippen LogP contribution in [0.4, 0.5) is 0 Å². The Labute approximate surface area is 236 Å². The van der Waals surface area contributed by atoms with Crippen LogP contribution in [0.15, 0.2) is 89.9 Å². The normalized spacial score (nSPS) is 11.9. The first kappa shape index (κ1) is 25.7. The van der Waals surface area contributed by atoms with E-state index in [1.165, 1.54) is 21.4 Å². The summed E-state index contributed by atoms with van der Waals surface area (Å²) >= 11 is 1.32. The van der Waals surface area contributed by atoms with Crippen molar-refractivity contribution in [2.45, 2.75) is 33.1 Å². The SMILES string of the molecule is CCCCCOc1ccc(-c2nc3s/c(=C\c4cn(-c5ccccc5)nc4-c4ccc(C)cc4)c(=O)n3n2)cc1. The van der Waals surface area contributed by atoms with Gasteiger partial charge < -0.3 is 4.74 Å². The van der Waals surface area contributed by atoms with Crippen LogP contribution in [-0.4, -0.2) is 31.0 Å². The molecule has 3 heterocycles. The smallest absolute Gasteiger partial charge is 0.291 e. The maximum atomic E-state index is 13.4. The molecular weight excluding hydrogens is 518 g/mol. The van der Waals surface area contributed by atoms with Crippen molar-refractivity contribution in [3.8, 4) is 34.1 Å². The van der Waals surface area contributed by atoms with E-state index in [4.69, 9.17) is 9.84 Å². The number of aryl methyl sites for hydroxylation is 1. The summed E-state index contributed by atoms with van der Waals surface area (Å²) in [5.41, 5.74) is 5.41. The van der Waals surface area contributed by atoms with E-state index in [1.54, 1.807) is 0 Å². The number of benzene rings is 3. The van der Waals surface area contributed by atoms with E-state index in [9.17, 15) is 4.79 Å². The largest absolute Gasteiger partial charge is 0.494 e. The molecular formula is C32H29N5O2S. The Balaban J connectivity index is 1.33. The van der Waals surface area contributed by atoms with Gasteiger partial charge in [0.2, 0.25) is 4.96 Å². The van der Waals surface area contributed by atoms with Gasteiger partial charge in [0, 0.05) is 22.9 Å². The summed E-state index contributed by atoms with van der Waals surface area (Å²) in [5, 5.41) is 9.40. The molecule has 8 heteroatoms. The number of ether oxygens (including phenoxy) is 1. The minimum atomic E-state index is -0.197. The predicted molar refractivity (Wildman–Crippen MR) is 160 cm³/mol. The molecule has 0 unspecified atom stereocenters. The fourth-order valence-corrected chi connectivity index (χ4v) is 5.38. The highest BCUT2D eigenvalue weighted by Crippen LogP contribution is 2.25. The quantitative estimate of drug-likeness (QED) is 0.205. The number of hydrogen-bond acceptors (Lipinski definition) is 6. The van der Waals surface area contributed by atoms with E-state index in [-0.39, 0.29) is 5.56 Å². The molecule has 0 aliphatic heterocycles. The Hall–Kier alpha value is -4.56. The van der Waals surface area contributed by atoms with Crippen molar-refractivity contribution in [1.29, 1.82) is 0 Å². The van der Waals surface area contributed by atoms with Crippen LogP contribution >= 0.6 is 11.3 Å². The number of nitrogens with zero attached hydrogens (tertiary/aromatic N) is 5. The lowest BCUT2D eigenvalue weighted by Gasteiger charge is -2.05. The van der Waals surface area contributed by atoms with E-state index >= 15 is 0 Å². The van der Waals surface area contributed by atoms with Gasteiger partial charge in [-0.05, 0) is 55.8 Å². The number of para-hydroxylation sites is 1. The maximum absolute atomic E-state index is 13.4. The van der Waals surface area contributed by atoms with E-state index in [0.717, 1.165) is 53.1 Å². The van der Waals surface area contributed by atoms with Crippen molar-refractivity contribution >= 4 is 22.4 Å². The Kier molecular flexibility index (Phi) is 7.25. The third kappa shape index (κ3) is 5.31. The first-order valence-electron chi connectivity index (χ1n) is 13.5. The lowest BCUT2D eigenvalue weighted by molar-refractivity contribution is 0.306. The molecule has 0 saturated carbocycles. The predicted octanol–water partition coefficient (Wildman–Crippen LogP) is 6.10. The number of unbranched alkanes of at least 4 members (excludes halogenated alkanes) is 2. The molecule has 3 aromatic heterocycles. The van der Waals surface area contributed by atoms with Crippen LogP contribution in [0.25, 0.3) is 39.4 Å². The van der Waals surface area contributed by atoms with Gasteiger partial charge in [-0.1, -0.05) is 79.1 Å². The van der Waals surface area contributed by atoms with E-state index in [1.807, 2.05) is 71.6 Å². The summed E-state index contributed by atoms with van der Waals surface area (Å²) in [5.74, 6) is 1.34. The van der Waals surface area contributed by atoms with Gasteiger partial charge in [-0.3, -0.25) is 4.79 Å². The number of thiazole rings is 1. The summed E-state index contributed by atoms with van der Waals surface area (Å²) in [6, 6.07) is 25.9. The lowest BCUT2D eigenvalue weighted by atomic mass is 10.1. The summed E-state index contributed by atoms with van der Waals surface area (Å²) < 4.78 is 9.59. The molecule has 0 N–H and O–H groups in total. The first-order valence-corrected chi connectivity index (χ1v) is 14.3. The zero-order valence-corrected chi connectivity index (χ0v) is 23.3. The van der Waals surface area contributed by atoms with Crippen molar-refractivity contribution in [3.63, 3.8) is 0 Å². The molecule has 0 bridgehead atoms. The molecule has 0 aliphatic carbocycles. The monoisotopic (exact) mass is 547 g/mol. The molecule has 0 atom stereocenters. The molecule has 6 rings (SSSR count). The third-order valence-corrected chi connectivity index (χ3v) is 7.65. The molecule has 3 aromatic carbocycles. The Morgan fingerprint density at radius 3 is 2.38 bits per heavy atom. The number of rotatable bonds is 9. The van der Waals surface area contributed by atoms with Crippen molar-refractivity contribution < 1.29 is 4.74 Å². The number of aromatic nitrogens is 5. The second-order valence-electron chi connectivity index (χ2n) is 9.70. The highest BCUT2D eigenvalue weighted by atomic mass is 32.1. The number of hydrogen-bond donors (Lipinski definition) is 0. The summed E-state index contributed by atoms with van der Waals surface area (Å²) in [4.78, 5) is 18.6. The Morgan fingerprint density at radius 2 is 1.65 bits per heavy atom. The molecule has 6 aromatic rings. The van der Waals surface area contributed by atoms with Gasteiger partial charge >= 0.3 is 0 Å². The highest BCUT2D eigenvalue weighted by Gasteiger charge is 2.15. The summed E-state index contributed by atoms with van der Waals surface area (Å²) in [6.45, 7) is 4.94. The zero-order chi connectivity index (χ0) is 27.5. The minimum absolute atomic E-state index is 0.197. The molecule has 0 radical (unpaired) electrons. The van der Waals surface area contributed by atoms with Crippen molar-refractivity contribution in [3.05, 3.63) is 111 Å². The number of fused-ring (bicyclic) bond motifs is 1. The van der Waals surface area contributed by atoms with Crippen LogP contribution in [0.2, 0.25) is 0 Å². The molecule has 0 aliphatic rings. The summed E-state index contributed by atoms with van der Waals surface area (Å²) in [7, 11) is 0. The van der Waals surface area contributed by atoms with Crippen molar-refractivity contribution in [2.24, 2.45) is 0 Å². The Bertz CT molecular complexity index is 1850. The van der Waals surface area contributed by atoms with Gasteiger partial charge in [-0.15, -0.1) is 5.10 Å². The Morgan fingerprint density at radius 1 is 0.900 bits per heavy atom. The fraction of sp³-hybridized carbons (Fsp3) is 0.188. The van der Waals surface area contributed by atoms with Crippen LogP contribution < -0.4 is 14.8 Å². The van der Waals surface area contributed by atoms with Crippen LogP contribution in [0.1, 0.15) is 37.3 Å². The van der Waals surface area contributed by atoms with Crippen molar-refractivity contribution in [1.82, 2.24) is 24.4 Å². The molecule has 0 saturated heterocycles. The van der Waals surface area contributed by atoms with Gasteiger partial charge in [0.15, 0.2) is 5.82 Å². The van der Waals surface area contributed by atoms with E-state index in [2.05, 4.69) is 48.2 Å². The second kappa shape index (κ2) is 11.3. The van der Waals surface area contributed by atoms with E-state index in [0.29, 0.717) is 21.9 Å². The molecule has 0 amide bonds. The van der Waals surface area contributed by atoms with Crippen LogP contribution in [0.3, 0.4) is 0 Å². The molecule has 7 nitrogen and oxygen atoms in total. The van der Waals surface area contributed by atoms with Gasteiger partial charge in [0.05, 0.1) is 22.5 Å². The van der Waals surface area contributed by atoms with Crippen LogP contribution in [0, 0.1) is 6.92 Å². The summed E-state index contributed by atoms with van der Waals surface area (Å²) in [6.07, 6.45) is 7.21. The van der Waals surface area contributed by atoms with Crippen LogP contribution in [-0.2, 0) is 0 Å². The molecule has 40 heavy (non-hydrogen) atoms.